The van der Waals surface area contributed by atoms with Gasteiger partial charge in [0.25, 0.3) is 0 Å². The highest BCUT2D eigenvalue weighted by Crippen LogP contribution is 2.37. The molecule has 2 rings (SSSR count). The molecule has 0 spiro atoms. The summed E-state index contributed by atoms with van der Waals surface area (Å²) in [6.45, 7) is 0. The van der Waals surface area contributed by atoms with Crippen LogP contribution in [0.4, 0.5) is 13.2 Å². The molecule has 98 valence electrons. The molecule has 0 unspecified atom stereocenters. The Morgan fingerprint density at radius 2 is 1.89 bits per heavy atom. The fraction of sp³-hybridized carbons (Fsp3) is 0.0769. The Labute approximate surface area is 106 Å². The highest BCUT2D eigenvalue weighted by Gasteiger charge is 2.33. The molecule has 0 atom stereocenters. The largest absolute Gasteiger partial charge is 0.506 e. The van der Waals surface area contributed by atoms with Crippen LogP contribution < -0.4 is 0 Å². The Morgan fingerprint density at radius 1 is 1.21 bits per heavy atom. The van der Waals surface area contributed by atoms with E-state index in [1.165, 1.54) is 18.2 Å². The van der Waals surface area contributed by atoms with E-state index in [-0.39, 0.29) is 16.8 Å². The molecule has 1 N–H and O–H groups in total. The van der Waals surface area contributed by atoms with E-state index in [0.29, 0.717) is 6.29 Å². The van der Waals surface area contributed by atoms with E-state index in [9.17, 15) is 23.1 Å². The number of hydrogen-bond acceptors (Lipinski definition) is 3. The van der Waals surface area contributed by atoms with Crippen LogP contribution >= 0.6 is 0 Å². The maximum atomic E-state index is 12.8. The number of carbonyl (C=O) groups excluding carboxylic acids is 1. The van der Waals surface area contributed by atoms with Gasteiger partial charge in [-0.2, -0.15) is 13.2 Å². The van der Waals surface area contributed by atoms with Gasteiger partial charge in [-0.05, 0) is 17.7 Å². The zero-order chi connectivity index (χ0) is 14.0. The van der Waals surface area contributed by atoms with E-state index in [0.717, 1.165) is 18.3 Å². The molecule has 3 nitrogen and oxygen atoms in total. The SMILES string of the molecule is O=Cc1ncc(-c2ccccc2C(F)(F)F)cc1O. The molecule has 1 aromatic carbocycles. The molecule has 1 aromatic heterocycles. The van der Waals surface area contributed by atoms with E-state index in [1.54, 1.807) is 0 Å². The summed E-state index contributed by atoms with van der Waals surface area (Å²) < 4.78 is 38.5. The maximum absolute atomic E-state index is 12.8. The van der Waals surface area contributed by atoms with Gasteiger partial charge in [-0.15, -0.1) is 0 Å². The van der Waals surface area contributed by atoms with Crippen LogP contribution in [0.3, 0.4) is 0 Å². The van der Waals surface area contributed by atoms with Gasteiger partial charge in [-0.25, -0.2) is 4.98 Å². The third-order valence-electron chi connectivity index (χ3n) is 2.55. The number of aldehydes is 1. The Balaban J connectivity index is 2.60. The van der Waals surface area contributed by atoms with Gasteiger partial charge in [0.2, 0.25) is 0 Å². The number of nitrogens with zero attached hydrogens (tertiary/aromatic N) is 1. The average Bonchev–Trinajstić information content (AvgIpc) is 2.37. The van der Waals surface area contributed by atoms with Crippen molar-refractivity contribution in [1.29, 1.82) is 0 Å². The van der Waals surface area contributed by atoms with Gasteiger partial charge >= 0.3 is 6.18 Å². The van der Waals surface area contributed by atoms with Crippen LogP contribution in [0.15, 0.2) is 36.5 Å². The second kappa shape index (κ2) is 4.72. The summed E-state index contributed by atoms with van der Waals surface area (Å²) in [6.07, 6.45) is -3.06. The van der Waals surface area contributed by atoms with E-state index in [2.05, 4.69) is 4.98 Å². The number of hydrogen-bond donors (Lipinski definition) is 1. The summed E-state index contributed by atoms with van der Waals surface area (Å²) in [5, 5.41) is 9.47. The van der Waals surface area contributed by atoms with Crippen LogP contribution in [-0.2, 0) is 6.18 Å². The Morgan fingerprint density at radius 3 is 2.47 bits per heavy atom. The first-order valence-corrected chi connectivity index (χ1v) is 5.24. The summed E-state index contributed by atoms with van der Waals surface area (Å²) in [5.74, 6) is -0.454. The van der Waals surface area contributed by atoms with Crippen molar-refractivity contribution in [2.45, 2.75) is 6.18 Å². The normalized spacial score (nSPS) is 11.3. The number of halogens is 3. The van der Waals surface area contributed by atoms with E-state index in [4.69, 9.17) is 0 Å². The summed E-state index contributed by atoms with van der Waals surface area (Å²) >= 11 is 0. The molecule has 0 aliphatic heterocycles. The lowest BCUT2D eigenvalue weighted by molar-refractivity contribution is -0.137. The van der Waals surface area contributed by atoms with Crippen LogP contribution in [0.2, 0.25) is 0 Å². The van der Waals surface area contributed by atoms with Crippen molar-refractivity contribution >= 4 is 6.29 Å². The first-order chi connectivity index (χ1) is 8.93. The minimum atomic E-state index is -4.50. The average molecular weight is 267 g/mol. The van der Waals surface area contributed by atoms with Crippen LogP contribution in [0, 0.1) is 0 Å². The third kappa shape index (κ3) is 2.57. The second-order valence-corrected chi connectivity index (χ2v) is 3.79. The molecule has 0 amide bonds. The zero-order valence-corrected chi connectivity index (χ0v) is 9.48. The fourth-order valence-corrected chi connectivity index (χ4v) is 1.68. The first kappa shape index (κ1) is 13.1. The summed E-state index contributed by atoms with van der Waals surface area (Å²) in [5.41, 5.74) is -1.05. The smallest absolute Gasteiger partial charge is 0.417 e. The lowest BCUT2D eigenvalue weighted by Gasteiger charge is -2.12. The molecule has 19 heavy (non-hydrogen) atoms. The first-order valence-electron chi connectivity index (χ1n) is 5.24. The molecular weight excluding hydrogens is 259 g/mol. The van der Waals surface area contributed by atoms with Crippen molar-refractivity contribution < 1.29 is 23.1 Å². The van der Waals surface area contributed by atoms with Gasteiger partial charge in [0.1, 0.15) is 11.4 Å². The zero-order valence-electron chi connectivity index (χ0n) is 9.48. The van der Waals surface area contributed by atoms with Gasteiger partial charge in [-0.1, -0.05) is 18.2 Å². The highest BCUT2D eigenvalue weighted by atomic mass is 19.4. The van der Waals surface area contributed by atoms with Crippen molar-refractivity contribution in [2.75, 3.05) is 0 Å². The summed E-state index contributed by atoms with van der Waals surface area (Å²) in [7, 11) is 0. The van der Waals surface area contributed by atoms with E-state index < -0.39 is 17.5 Å². The van der Waals surface area contributed by atoms with Crippen LogP contribution in [0.25, 0.3) is 11.1 Å². The second-order valence-electron chi connectivity index (χ2n) is 3.79. The lowest BCUT2D eigenvalue weighted by atomic mass is 10.0. The number of aromatic nitrogens is 1. The molecular formula is C13H8F3NO2. The van der Waals surface area contributed by atoms with Crippen LogP contribution in [0.5, 0.6) is 5.75 Å². The van der Waals surface area contributed by atoms with Crippen molar-refractivity contribution in [3.8, 4) is 16.9 Å². The van der Waals surface area contributed by atoms with Crippen molar-refractivity contribution in [3.63, 3.8) is 0 Å². The number of aromatic hydroxyl groups is 1. The maximum Gasteiger partial charge on any atom is 0.417 e. The van der Waals surface area contributed by atoms with Gasteiger partial charge in [-0.3, -0.25) is 4.79 Å². The van der Waals surface area contributed by atoms with Crippen molar-refractivity contribution in [2.24, 2.45) is 0 Å². The van der Waals surface area contributed by atoms with Crippen LogP contribution in [-0.4, -0.2) is 16.4 Å². The molecule has 0 fully saturated rings. The lowest BCUT2D eigenvalue weighted by Crippen LogP contribution is -2.07. The molecule has 6 heteroatoms. The monoisotopic (exact) mass is 267 g/mol. The molecule has 0 radical (unpaired) electrons. The number of alkyl halides is 3. The standard InChI is InChI=1S/C13H8F3NO2/c14-13(15,16)10-4-2-1-3-9(10)8-5-12(19)11(7-18)17-6-8/h1-7,19H. The van der Waals surface area contributed by atoms with Gasteiger partial charge in [0, 0.05) is 11.8 Å². The molecule has 2 aromatic rings. The Bertz CT molecular complexity index is 624. The predicted molar refractivity (Wildman–Crippen MR) is 61.7 cm³/mol. The molecule has 0 bridgehead atoms. The molecule has 0 saturated carbocycles. The third-order valence-corrected chi connectivity index (χ3v) is 2.55. The van der Waals surface area contributed by atoms with E-state index >= 15 is 0 Å². The minimum Gasteiger partial charge on any atom is -0.506 e. The number of pyridine rings is 1. The van der Waals surface area contributed by atoms with Gasteiger partial charge < -0.3 is 5.11 Å². The Hall–Kier alpha value is -2.37. The molecule has 1 heterocycles. The quantitative estimate of drug-likeness (QED) is 0.849. The fourth-order valence-electron chi connectivity index (χ4n) is 1.68. The topological polar surface area (TPSA) is 50.2 Å². The van der Waals surface area contributed by atoms with Gasteiger partial charge in [0.15, 0.2) is 6.29 Å². The number of benzene rings is 1. The van der Waals surface area contributed by atoms with E-state index in [1.807, 2.05) is 0 Å². The van der Waals surface area contributed by atoms with Crippen LogP contribution in [0.1, 0.15) is 16.1 Å². The van der Waals surface area contributed by atoms with Crippen molar-refractivity contribution in [3.05, 3.63) is 47.8 Å². The summed E-state index contributed by atoms with van der Waals surface area (Å²) in [4.78, 5) is 14.1. The van der Waals surface area contributed by atoms with Gasteiger partial charge in [0.05, 0.1) is 5.56 Å². The predicted octanol–water partition coefficient (Wildman–Crippen LogP) is 3.29. The minimum absolute atomic E-state index is 0.0935. The molecule has 0 saturated heterocycles. The number of carbonyl (C=O) groups is 1. The van der Waals surface area contributed by atoms with Crippen molar-refractivity contribution in [1.82, 2.24) is 4.98 Å². The highest BCUT2D eigenvalue weighted by molar-refractivity contribution is 5.78. The Kier molecular flexibility index (Phi) is 3.25. The molecule has 0 aliphatic carbocycles. The summed E-state index contributed by atoms with van der Waals surface area (Å²) in [6, 6.07) is 6.04. The number of rotatable bonds is 2. The molecule has 0 aliphatic rings.